The van der Waals surface area contributed by atoms with E-state index < -0.39 is 17.8 Å². The van der Waals surface area contributed by atoms with E-state index in [4.69, 9.17) is 14.9 Å². The molecule has 11 heteroatoms. The van der Waals surface area contributed by atoms with Crippen LogP contribution in [-0.4, -0.2) is 47.0 Å². The topological polar surface area (TPSA) is 107 Å². The second kappa shape index (κ2) is 11.0. The molecule has 0 atom stereocenters. The minimum Gasteiger partial charge on any atom is -0.494 e. The number of ether oxygens (including phenoxy) is 1. The third-order valence-corrected chi connectivity index (χ3v) is 6.83. The quantitative estimate of drug-likeness (QED) is 0.349. The SMILES string of the molecule is COc1ccc(-c2nc(C(=O)NC3CCN(Cc4ccccc4)CC3)c(CN)o2)c2ccc(C(F)(F)F)nc12. The minimum absolute atomic E-state index is 0.00517. The van der Waals surface area contributed by atoms with Gasteiger partial charge in [-0.2, -0.15) is 13.2 Å². The maximum atomic E-state index is 13.3. The van der Waals surface area contributed by atoms with Crippen molar-refractivity contribution in [1.82, 2.24) is 20.2 Å². The van der Waals surface area contributed by atoms with Gasteiger partial charge in [0, 0.05) is 36.6 Å². The number of amides is 1. The summed E-state index contributed by atoms with van der Waals surface area (Å²) in [6.07, 6.45) is -3.04. The Morgan fingerprint density at radius 2 is 1.85 bits per heavy atom. The fraction of sp³-hybridized carbons (Fsp3) is 0.321. The molecule has 0 aliphatic carbocycles. The third-order valence-electron chi connectivity index (χ3n) is 6.83. The van der Waals surface area contributed by atoms with Crippen LogP contribution in [0.3, 0.4) is 0 Å². The van der Waals surface area contributed by atoms with Gasteiger partial charge < -0.3 is 20.2 Å². The zero-order chi connectivity index (χ0) is 27.6. The summed E-state index contributed by atoms with van der Waals surface area (Å²) < 4.78 is 50.9. The monoisotopic (exact) mass is 539 g/mol. The number of nitrogens with zero attached hydrogens (tertiary/aromatic N) is 3. The van der Waals surface area contributed by atoms with Gasteiger partial charge in [0.1, 0.15) is 17.0 Å². The van der Waals surface area contributed by atoms with Gasteiger partial charge >= 0.3 is 6.18 Å². The molecule has 0 bridgehead atoms. The number of rotatable bonds is 7. The number of carbonyl (C=O) groups is 1. The molecule has 3 heterocycles. The third kappa shape index (κ3) is 5.74. The first-order chi connectivity index (χ1) is 18.8. The van der Waals surface area contributed by atoms with Crippen molar-refractivity contribution in [1.29, 1.82) is 0 Å². The van der Waals surface area contributed by atoms with Crippen molar-refractivity contribution in [2.45, 2.75) is 38.1 Å². The second-order valence-electron chi connectivity index (χ2n) is 9.41. The number of aromatic nitrogens is 2. The number of pyridine rings is 1. The number of halogens is 3. The zero-order valence-electron chi connectivity index (χ0n) is 21.3. The molecule has 1 fully saturated rings. The number of hydrogen-bond donors (Lipinski definition) is 2. The van der Waals surface area contributed by atoms with Crippen LogP contribution in [0.15, 0.2) is 59.0 Å². The summed E-state index contributed by atoms with van der Waals surface area (Å²) in [4.78, 5) is 23.7. The van der Waals surface area contributed by atoms with E-state index in [1.807, 2.05) is 18.2 Å². The van der Waals surface area contributed by atoms with E-state index in [2.05, 4.69) is 32.3 Å². The summed E-state index contributed by atoms with van der Waals surface area (Å²) in [6, 6.07) is 15.5. The standard InChI is InChI=1S/C28H28F3N5O3/c1-38-21-9-7-20(19-8-10-23(28(29,30)31)34-24(19)21)27-35-25(22(15-32)39-27)26(37)33-18-11-13-36(14-12-18)16-17-5-3-2-4-6-17/h2-10,18H,11-16,32H2,1H3,(H,33,37). The van der Waals surface area contributed by atoms with Gasteiger partial charge in [-0.15, -0.1) is 0 Å². The first-order valence-corrected chi connectivity index (χ1v) is 12.6. The van der Waals surface area contributed by atoms with Gasteiger partial charge in [0.15, 0.2) is 11.5 Å². The number of likely N-dealkylation sites (tertiary alicyclic amines) is 1. The number of piperidine rings is 1. The number of nitrogens with two attached hydrogens (primary N) is 1. The molecule has 1 aliphatic rings. The number of oxazole rings is 1. The van der Waals surface area contributed by atoms with Crippen molar-refractivity contribution >= 4 is 16.8 Å². The largest absolute Gasteiger partial charge is 0.494 e. The molecule has 0 unspecified atom stereocenters. The molecule has 8 nitrogen and oxygen atoms in total. The van der Waals surface area contributed by atoms with Crippen molar-refractivity contribution in [3.05, 3.63) is 77.3 Å². The highest BCUT2D eigenvalue weighted by atomic mass is 19.4. The Bertz CT molecular complexity index is 1460. The van der Waals surface area contributed by atoms with Crippen LogP contribution in [0, 0.1) is 0 Å². The molecule has 1 amide bonds. The van der Waals surface area contributed by atoms with Crippen LogP contribution in [0.25, 0.3) is 22.4 Å². The first-order valence-electron chi connectivity index (χ1n) is 12.6. The number of fused-ring (bicyclic) bond motifs is 1. The van der Waals surface area contributed by atoms with Gasteiger partial charge in [-0.1, -0.05) is 30.3 Å². The molecule has 2 aromatic heterocycles. The van der Waals surface area contributed by atoms with E-state index in [1.54, 1.807) is 6.07 Å². The molecule has 1 saturated heterocycles. The van der Waals surface area contributed by atoms with Crippen molar-refractivity contribution < 1.29 is 27.1 Å². The molecule has 204 valence electrons. The van der Waals surface area contributed by atoms with Gasteiger partial charge in [-0.25, -0.2) is 9.97 Å². The Kier molecular flexibility index (Phi) is 7.53. The minimum atomic E-state index is -4.62. The van der Waals surface area contributed by atoms with Crippen LogP contribution < -0.4 is 15.8 Å². The summed E-state index contributed by atoms with van der Waals surface area (Å²) in [7, 11) is 1.35. The van der Waals surface area contributed by atoms with Gasteiger partial charge in [-0.3, -0.25) is 9.69 Å². The lowest BCUT2D eigenvalue weighted by molar-refractivity contribution is -0.140. The van der Waals surface area contributed by atoms with E-state index >= 15 is 0 Å². The number of benzene rings is 2. The predicted molar refractivity (Wildman–Crippen MR) is 139 cm³/mol. The molecular weight excluding hydrogens is 511 g/mol. The lowest BCUT2D eigenvalue weighted by Gasteiger charge is -2.32. The van der Waals surface area contributed by atoms with Gasteiger partial charge in [0.2, 0.25) is 5.89 Å². The molecule has 0 saturated carbocycles. The number of alkyl halides is 3. The normalized spacial score (nSPS) is 15.0. The van der Waals surface area contributed by atoms with Crippen molar-refractivity contribution in [2.75, 3.05) is 20.2 Å². The second-order valence-corrected chi connectivity index (χ2v) is 9.41. The van der Waals surface area contributed by atoms with Gasteiger partial charge in [0.05, 0.1) is 13.7 Å². The Morgan fingerprint density at radius 1 is 1.10 bits per heavy atom. The molecule has 2 aromatic carbocycles. The van der Waals surface area contributed by atoms with E-state index in [0.29, 0.717) is 10.9 Å². The Hall–Kier alpha value is -3.96. The number of methoxy groups -OCH3 is 1. The number of hydrogen-bond acceptors (Lipinski definition) is 7. The molecule has 3 N–H and O–H groups in total. The summed E-state index contributed by atoms with van der Waals surface area (Å²) in [5, 5.41) is 3.38. The van der Waals surface area contributed by atoms with Gasteiger partial charge in [-0.05, 0) is 42.7 Å². The van der Waals surface area contributed by atoms with E-state index in [-0.39, 0.29) is 41.2 Å². The highest BCUT2D eigenvalue weighted by Crippen LogP contribution is 2.37. The molecule has 0 spiro atoms. The van der Waals surface area contributed by atoms with Crippen LogP contribution in [-0.2, 0) is 19.3 Å². The summed E-state index contributed by atoms with van der Waals surface area (Å²) in [5.41, 5.74) is 6.49. The highest BCUT2D eigenvalue weighted by molar-refractivity contribution is 5.98. The van der Waals surface area contributed by atoms with Crippen LogP contribution in [0.2, 0.25) is 0 Å². The zero-order valence-corrected chi connectivity index (χ0v) is 21.3. The maximum absolute atomic E-state index is 13.3. The summed E-state index contributed by atoms with van der Waals surface area (Å²) >= 11 is 0. The Balaban J connectivity index is 1.34. The maximum Gasteiger partial charge on any atom is 0.433 e. The Labute approximate surface area is 223 Å². The fourth-order valence-corrected chi connectivity index (χ4v) is 4.81. The molecule has 4 aromatic rings. The van der Waals surface area contributed by atoms with Gasteiger partial charge in [0.25, 0.3) is 5.91 Å². The van der Waals surface area contributed by atoms with E-state index in [1.165, 1.54) is 24.8 Å². The van der Waals surface area contributed by atoms with E-state index in [0.717, 1.165) is 38.5 Å². The molecule has 5 rings (SSSR count). The summed E-state index contributed by atoms with van der Waals surface area (Å²) in [6.45, 7) is 2.48. The molecular formula is C28H28F3N5O3. The predicted octanol–water partition coefficient (Wildman–Crippen LogP) is 4.77. The Morgan fingerprint density at radius 3 is 2.51 bits per heavy atom. The lowest BCUT2D eigenvalue weighted by Crippen LogP contribution is -2.44. The average Bonchev–Trinajstić information content (AvgIpc) is 3.38. The summed E-state index contributed by atoms with van der Waals surface area (Å²) in [5.74, 6) is 0.0182. The van der Waals surface area contributed by atoms with Crippen molar-refractivity contribution in [2.24, 2.45) is 5.73 Å². The van der Waals surface area contributed by atoms with Crippen LogP contribution in [0.4, 0.5) is 13.2 Å². The number of carbonyl (C=O) groups excluding carboxylic acids is 1. The highest BCUT2D eigenvalue weighted by Gasteiger charge is 2.33. The number of nitrogens with one attached hydrogen (secondary N) is 1. The molecule has 1 aliphatic heterocycles. The fourth-order valence-electron chi connectivity index (χ4n) is 4.81. The van der Waals surface area contributed by atoms with Crippen LogP contribution >= 0.6 is 0 Å². The van der Waals surface area contributed by atoms with Crippen LogP contribution in [0.5, 0.6) is 5.75 Å². The smallest absolute Gasteiger partial charge is 0.433 e. The van der Waals surface area contributed by atoms with E-state index in [9.17, 15) is 18.0 Å². The first kappa shape index (κ1) is 26.6. The van der Waals surface area contributed by atoms with Crippen LogP contribution in [0.1, 0.15) is 40.3 Å². The lowest BCUT2D eigenvalue weighted by atomic mass is 10.0. The molecule has 0 radical (unpaired) electrons. The van der Waals surface area contributed by atoms with Crippen molar-refractivity contribution in [3.8, 4) is 17.2 Å². The van der Waals surface area contributed by atoms with Crippen molar-refractivity contribution in [3.63, 3.8) is 0 Å². The average molecular weight is 540 g/mol. The molecule has 39 heavy (non-hydrogen) atoms.